The predicted octanol–water partition coefficient (Wildman–Crippen LogP) is 1.26. The minimum atomic E-state index is -3.93. The average Bonchev–Trinajstić information content (AvgIpc) is 2.37. The highest BCUT2D eigenvalue weighted by Crippen LogP contribution is 2.22. The number of rotatable bonds is 7. The van der Waals surface area contributed by atoms with Crippen LogP contribution in [0.1, 0.15) is 24.2 Å². The van der Waals surface area contributed by atoms with Crippen molar-refractivity contribution in [2.45, 2.75) is 18.7 Å². The highest BCUT2D eigenvalue weighted by atomic mass is 32.2. The van der Waals surface area contributed by atoms with Gasteiger partial charge in [0.15, 0.2) is 0 Å². The molecule has 1 rings (SSSR count). The fraction of sp³-hybridized carbons (Fsp3) is 0.417. The zero-order valence-electron chi connectivity index (χ0n) is 11.4. The Labute approximate surface area is 117 Å². The second-order valence-electron chi connectivity index (χ2n) is 4.46. The van der Waals surface area contributed by atoms with Crippen molar-refractivity contribution in [1.29, 1.82) is 0 Å². The lowest BCUT2D eigenvalue weighted by molar-refractivity contribution is 0.0692. The molecular formula is C12H17NO6S. The van der Waals surface area contributed by atoms with Crippen molar-refractivity contribution < 1.29 is 27.9 Å². The fourth-order valence-corrected chi connectivity index (χ4v) is 2.19. The molecule has 112 valence electrons. The molecule has 0 aromatic heterocycles. The number of sulfonamides is 1. The van der Waals surface area contributed by atoms with E-state index in [0.29, 0.717) is 0 Å². The Balaban J connectivity index is 3.01. The second-order valence-corrected chi connectivity index (χ2v) is 6.10. The van der Waals surface area contributed by atoms with E-state index in [0.717, 1.165) is 6.07 Å². The van der Waals surface area contributed by atoms with Gasteiger partial charge in [-0.05, 0) is 24.1 Å². The first kappa shape index (κ1) is 16.4. The van der Waals surface area contributed by atoms with Gasteiger partial charge in [0.25, 0.3) is 10.0 Å². The Morgan fingerprint density at radius 1 is 1.40 bits per heavy atom. The summed E-state index contributed by atoms with van der Waals surface area (Å²) in [7, 11) is -2.62. The molecule has 0 amide bonds. The second kappa shape index (κ2) is 6.69. The van der Waals surface area contributed by atoms with Gasteiger partial charge in [0.05, 0.1) is 18.6 Å². The number of carboxylic acid groups (broad SMARTS) is 1. The molecule has 0 saturated heterocycles. The summed E-state index contributed by atoms with van der Waals surface area (Å²) in [5.74, 6) is -1.04. The Kier molecular flexibility index (Phi) is 5.49. The summed E-state index contributed by atoms with van der Waals surface area (Å²) in [6, 6.07) is 3.54. The first-order chi connectivity index (χ1) is 9.27. The van der Waals surface area contributed by atoms with E-state index in [4.69, 9.17) is 14.7 Å². The van der Waals surface area contributed by atoms with Gasteiger partial charge in [0, 0.05) is 0 Å². The van der Waals surface area contributed by atoms with Gasteiger partial charge in [-0.25, -0.2) is 13.2 Å². The quantitative estimate of drug-likeness (QED) is 0.735. The molecule has 0 aliphatic rings. The summed E-state index contributed by atoms with van der Waals surface area (Å²) < 4.78 is 28.7. The van der Waals surface area contributed by atoms with Crippen molar-refractivity contribution >= 4 is 16.0 Å². The van der Waals surface area contributed by atoms with Gasteiger partial charge < -0.3 is 9.84 Å². The smallest absolute Gasteiger partial charge is 0.339 e. The number of hydrogen-bond donors (Lipinski definition) is 2. The number of nitrogens with one attached hydrogen (secondary N) is 1. The number of aromatic carboxylic acids is 1. The molecule has 0 radical (unpaired) electrons. The van der Waals surface area contributed by atoms with Gasteiger partial charge in [0.2, 0.25) is 0 Å². The molecule has 0 bridgehead atoms. The highest BCUT2D eigenvalue weighted by molar-refractivity contribution is 7.89. The molecule has 0 aliphatic heterocycles. The zero-order chi connectivity index (χ0) is 15.3. The summed E-state index contributed by atoms with van der Waals surface area (Å²) in [4.78, 5) is 17.6. The normalized spacial score (nSPS) is 11.6. The van der Waals surface area contributed by atoms with Gasteiger partial charge in [0.1, 0.15) is 11.3 Å². The third-order valence-corrected chi connectivity index (χ3v) is 3.51. The molecule has 0 heterocycles. The molecule has 1 aromatic rings. The molecule has 7 nitrogen and oxygen atoms in total. The van der Waals surface area contributed by atoms with Gasteiger partial charge in [-0.3, -0.25) is 4.84 Å². The lowest BCUT2D eigenvalue weighted by Crippen LogP contribution is -2.26. The van der Waals surface area contributed by atoms with Gasteiger partial charge in [-0.15, -0.1) is 0 Å². The molecule has 8 heteroatoms. The van der Waals surface area contributed by atoms with Gasteiger partial charge in [-0.1, -0.05) is 18.7 Å². The summed E-state index contributed by atoms with van der Waals surface area (Å²) in [6.07, 6.45) is 0. The van der Waals surface area contributed by atoms with Crippen molar-refractivity contribution in [1.82, 2.24) is 4.89 Å². The molecule has 20 heavy (non-hydrogen) atoms. The summed E-state index contributed by atoms with van der Waals surface area (Å²) in [5, 5.41) is 9.01. The molecule has 0 spiro atoms. The van der Waals surface area contributed by atoms with Crippen LogP contribution < -0.4 is 9.62 Å². The van der Waals surface area contributed by atoms with E-state index in [1.807, 2.05) is 18.7 Å². The van der Waals surface area contributed by atoms with Crippen LogP contribution in [0.2, 0.25) is 0 Å². The Bertz CT molecular complexity index is 582. The van der Waals surface area contributed by atoms with Crippen LogP contribution in [-0.2, 0) is 14.9 Å². The van der Waals surface area contributed by atoms with E-state index >= 15 is 0 Å². The SMILES string of the molecule is COc1ccc(S(=O)(=O)NOCC(C)C)cc1C(=O)O. The molecule has 0 unspecified atom stereocenters. The van der Waals surface area contributed by atoms with Gasteiger partial charge >= 0.3 is 5.97 Å². The summed E-state index contributed by atoms with van der Waals surface area (Å²) >= 11 is 0. The Hall–Kier alpha value is -1.64. The Morgan fingerprint density at radius 2 is 2.05 bits per heavy atom. The van der Waals surface area contributed by atoms with Crippen LogP contribution in [0.25, 0.3) is 0 Å². The first-order valence-corrected chi connectivity index (χ1v) is 7.31. The maximum Gasteiger partial charge on any atom is 0.339 e. The number of methoxy groups -OCH3 is 1. The van der Waals surface area contributed by atoms with Crippen molar-refractivity contribution in [2.75, 3.05) is 13.7 Å². The van der Waals surface area contributed by atoms with Gasteiger partial charge in [-0.2, -0.15) is 0 Å². The van der Waals surface area contributed by atoms with E-state index in [-0.39, 0.29) is 28.7 Å². The van der Waals surface area contributed by atoms with Crippen LogP contribution in [0.4, 0.5) is 0 Å². The summed E-state index contributed by atoms with van der Waals surface area (Å²) in [5.41, 5.74) is -0.237. The van der Waals surface area contributed by atoms with Crippen molar-refractivity contribution in [3.05, 3.63) is 23.8 Å². The third kappa shape index (κ3) is 4.19. The van der Waals surface area contributed by atoms with E-state index in [1.165, 1.54) is 19.2 Å². The van der Waals surface area contributed by atoms with Crippen LogP contribution in [0.5, 0.6) is 5.75 Å². The van der Waals surface area contributed by atoms with E-state index in [2.05, 4.69) is 0 Å². The minimum absolute atomic E-state index is 0.0829. The standard InChI is InChI=1S/C12H17NO6S/c1-8(2)7-19-13-20(16,17)9-4-5-11(18-3)10(6-9)12(14)15/h4-6,8,13H,7H2,1-3H3,(H,14,15). The maximum atomic E-state index is 11.9. The van der Waals surface area contributed by atoms with E-state index in [9.17, 15) is 13.2 Å². The van der Waals surface area contributed by atoms with Crippen LogP contribution in [-0.4, -0.2) is 33.2 Å². The van der Waals surface area contributed by atoms with Crippen LogP contribution in [0, 0.1) is 5.92 Å². The molecule has 0 atom stereocenters. The topological polar surface area (TPSA) is 102 Å². The molecule has 1 aromatic carbocycles. The van der Waals surface area contributed by atoms with Crippen LogP contribution in [0.3, 0.4) is 0 Å². The average molecular weight is 303 g/mol. The van der Waals surface area contributed by atoms with Crippen molar-refractivity contribution in [2.24, 2.45) is 5.92 Å². The monoisotopic (exact) mass is 303 g/mol. The highest BCUT2D eigenvalue weighted by Gasteiger charge is 2.19. The molecule has 0 saturated carbocycles. The van der Waals surface area contributed by atoms with Crippen molar-refractivity contribution in [3.8, 4) is 5.75 Å². The summed E-state index contributed by atoms with van der Waals surface area (Å²) in [6.45, 7) is 3.94. The fourth-order valence-electron chi connectivity index (χ4n) is 1.35. The van der Waals surface area contributed by atoms with E-state index in [1.54, 1.807) is 0 Å². The first-order valence-electron chi connectivity index (χ1n) is 5.83. The number of benzene rings is 1. The van der Waals surface area contributed by atoms with Crippen LogP contribution >= 0.6 is 0 Å². The lowest BCUT2D eigenvalue weighted by Gasteiger charge is -2.10. The molecular weight excluding hydrogens is 286 g/mol. The maximum absolute atomic E-state index is 11.9. The minimum Gasteiger partial charge on any atom is -0.496 e. The van der Waals surface area contributed by atoms with Crippen LogP contribution in [0.15, 0.2) is 23.1 Å². The number of ether oxygens (including phenoxy) is 1. The Morgan fingerprint density at radius 3 is 2.55 bits per heavy atom. The molecule has 2 N–H and O–H groups in total. The number of carbonyl (C=O) groups is 1. The van der Waals surface area contributed by atoms with E-state index < -0.39 is 16.0 Å². The largest absolute Gasteiger partial charge is 0.496 e. The molecule has 0 fully saturated rings. The predicted molar refractivity (Wildman–Crippen MR) is 71.1 cm³/mol. The zero-order valence-corrected chi connectivity index (χ0v) is 12.2. The third-order valence-electron chi connectivity index (χ3n) is 2.30. The van der Waals surface area contributed by atoms with Crippen molar-refractivity contribution in [3.63, 3.8) is 0 Å². The lowest BCUT2D eigenvalue weighted by atomic mass is 10.2. The number of carboxylic acids is 1. The molecule has 0 aliphatic carbocycles. The number of hydrogen-bond acceptors (Lipinski definition) is 5.